The summed E-state index contributed by atoms with van der Waals surface area (Å²) in [5.74, 6) is 0.287. The van der Waals surface area contributed by atoms with Gasteiger partial charge in [0.05, 0.1) is 22.9 Å². The Labute approximate surface area is 186 Å². The molecule has 1 N–H and O–H groups in total. The summed E-state index contributed by atoms with van der Waals surface area (Å²) in [7, 11) is 0. The Morgan fingerprint density at radius 1 is 1.25 bits per heavy atom. The summed E-state index contributed by atoms with van der Waals surface area (Å²) >= 11 is 0. The molecule has 0 aliphatic carbocycles. The third-order valence-electron chi connectivity index (χ3n) is 6.37. The molecule has 4 heterocycles. The van der Waals surface area contributed by atoms with Crippen LogP contribution in [0.15, 0.2) is 61.1 Å². The maximum absolute atomic E-state index is 13.4. The number of hydrogen-bond donors (Lipinski definition) is 1. The van der Waals surface area contributed by atoms with Gasteiger partial charge >= 0.3 is 0 Å². The molecule has 164 valence electrons. The lowest BCUT2D eigenvalue weighted by molar-refractivity contribution is -0.131. The third kappa shape index (κ3) is 4.15. The highest BCUT2D eigenvalue weighted by molar-refractivity contribution is 5.79. The number of H-pyrrole nitrogens is 1. The van der Waals surface area contributed by atoms with Gasteiger partial charge in [-0.15, -0.1) is 0 Å². The molecule has 7 heteroatoms. The summed E-state index contributed by atoms with van der Waals surface area (Å²) in [6.45, 7) is 3.73. The molecule has 1 aliphatic heterocycles. The van der Waals surface area contributed by atoms with Crippen LogP contribution >= 0.6 is 0 Å². The van der Waals surface area contributed by atoms with Crippen molar-refractivity contribution in [2.24, 2.45) is 5.92 Å². The summed E-state index contributed by atoms with van der Waals surface area (Å²) in [5.41, 5.74) is 4.78. The van der Waals surface area contributed by atoms with Gasteiger partial charge in [0.1, 0.15) is 5.82 Å². The van der Waals surface area contributed by atoms with Crippen LogP contribution in [0, 0.1) is 11.7 Å². The highest BCUT2D eigenvalue weighted by Crippen LogP contribution is 2.28. The number of carbonyl (C=O) groups excluding carboxylic acids is 1. The molecule has 1 aliphatic rings. The van der Waals surface area contributed by atoms with E-state index < -0.39 is 0 Å². The van der Waals surface area contributed by atoms with E-state index in [2.05, 4.69) is 34.0 Å². The van der Waals surface area contributed by atoms with Crippen molar-refractivity contribution in [2.45, 2.75) is 38.8 Å². The fraction of sp³-hybridized carbons (Fsp3) is 0.320. The van der Waals surface area contributed by atoms with Crippen molar-refractivity contribution >= 4 is 16.9 Å². The van der Waals surface area contributed by atoms with Crippen molar-refractivity contribution in [3.05, 3.63) is 72.4 Å². The molecule has 1 saturated heterocycles. The van der Waals surface area contributed by atoms with Gasteiger partial charge in [-0.3, -0.25) is 9.89 Å². The highest BCUT2D eigenvalue weighted by Gasteiger charge is 2.32. The number of aromatic nitrogens is 4. The van der Waals surface area contributed by atoms with Crippen LogP contribution in [0.4, 0.5) is 4.39 Å². The first kappa shape index (κ1) is 20.4. The number of amides is 1. The molecule has 4 aromatic rings. The van der Waals surface area contributed by atoms with Gasteiger partial charge in [-0.1, -0.05) is 12.1 Å². The van der Waals surface area contributed by atoms with Crippen molar-refractivity contribution in [1.29, 1.82) is 0 Å². The van der Waals surface area contributed by atoms with E-state index in [0.29, 0.717) is 18.8 Å². The number of aryl methyl sites for hydroxylation is 1. The Morgan fingerprint density at radius 2 is 2.16 bits per heavy atom. The SMILES string of the molecule is CC1CC(Cn2ccc3nc(-c4cn[nH]c4)ccc32)CN1C(=O)CCc1cccc(F)c1. The van der Waals surface area contributed by atoms with Gasteiger partial charge in [0, 0.05) is 43.5 Å². The topological polar surface area (TPSA) is 66.8 Å². The number of hydrogen-bond acceptors (Lipinski definition) is 3. The van der Waals surface area contributed by atoms with Gasteiger partial charge in [0.15, 0.2) is 0 Å². The fourth-order valence-corrected chi connectivity index (χ4v) is 4.77. The van der Waals surface area contributed by atoms with Gasteiger partial charge in [-0.2, -0.15) is 5.10 Å². The molecule has 3 aromatic heterocycles. The van der Waals surface area contributed by atoms with E-state index in [4.69, 9.17) is 4.98 Å². The maximum atomic E-state index is 13.4. The number of likely N-dealkylation sites (tertiary alicyclic amines) is 1. The van der Waals surface area contributed by atoms with Crippen molar-refractivity contribution in [2.75, 3.05) is 6.54 Å². The van der Waals surface area contributed by atoms with Crippen LogP contribution in [0.3, 0.4) is 0 Å². The molecule has 1 fully saturated rings. The lowest BCUT2D eigenvalue weighted by atomic mass is 10.1. The molecule has 32 heavy (non-hydrogen) atoms. The molecule has 0 spiro atoms. The van der Waals surface area contributed by atoms with Crippen LogP contribution in [0.5, 0.6) is 0 Å². The van der Waals surface area contributed by atoms with Gasteiger partial charge in [-0.25, -0.2) is 9.37 Å². The van der Waals surface area contributed by atoms with E-state index in [0.717, 1.165) is 47.4 Å². The number of aromatic amines is 1. The molecular formula is C25H26FN5O. The number of rotatable bonds is 6. The molecule has 0 radical (unpaired) electrons. The first-order valence-electron chi connectivity index (χ1n) is 11.1. The lowest BCUT2D eigenvalue weighted by Crippen LogP contribution is -2.34. The lowest BCUT2D eigenvalue weighted by Gasteiger charge is -2.21. The zero-order valence-corrected chi connectivity index (χ0v) is 18.0. The first-order chi connectivity index (χ1) is 15.6. The van der Waals surface area contributed by atoms with E-state index in [1.165, 1.54) is 12.1 Å². The van der Waals surface area contributed by atoms with Crippen LogP contribution in [0.2, 0.25) is 0 Å². The van der Waals surface area contributed by atoms with E-state index in [-0.39, 0.29) is 17.8 Å². The number of nitrogens with zero attached hydrogens (tertiary/aromatic N) is 4. The maximum Gasteiger partial charge on any atom is 0.223 e. The van der Waals surface area contributed by atoms with E-state index in [9.17, 15) is 9.18 Å². The van der Waals surface area contributed by atoms with Crippen molar-refractivity contribution in [1.82, 2.24) is 24.6 Å². The summed E-state index contributed by atoms with van der Waals surface area (Å²) in [6.07, 6.45) is 7.64. The third-order valence-corrected chi connectivity index (χ3v) is 6.37. The Morgan fingerprint density at radius 3 is 2.97 bits per heavy atom. The number of carbonyl (C=O) groups is 1. The monoisotopic (exact) mass is 431 g/mol. The van der Waals surface area contributed by atoms with Gasteiger partial charge < -0.3 is 9.47 Å². The summed E-state index contributed by atoms with van der Waals surface area (Å²) < 4.78 is 15.6. The van der Waals surface area contributed by atoms with Gasteiger partial charge in [-0.05, 0) is 61.6 Å². The van der Waals surface area contributed by atoms with Gasteiger partial charge in [0.25, 0.3) is 0 Å². The molecule has 1 amide bonds. The Bertz CT molecular complexity index is 1230. The average molecular weight is 432 g/mol. The zero-order chi connectivity index (χ0) is 22.1. The number of benzene rings is 1. The Kier molecular flexibility index (Phi) is 5.47. The van der Waals surface area contributed by atoms with Crippen LogP contribution in [0.25, 0.3) is 22.3 Å². The average Bonchev–Trinajstić information content (AvgIpc) is 3.53. The Balaban J connectivity index is 1.23. The smallest absolute Gasteiger partial charge is 0.223 e. The molecule has 5 rings (SSSR count). The van der Waals surface area contributed by atoms with Crippen LogP contribution in [-0.4, -0.2) is 43.1 Å². The summed E-state index contributed by atoms with van der Waals surface area (Å²) in [5, 5.41) is 6.82. The standard InChI is InChI=1S/C25H26FN5O/c1-17-11-19(16-31(17)25(32)8-5-18-3-2-4-21(26)12-18)15-30-10-9-23-24(30)7-6-22(29-23)20-13-27-28-14-20/h2-4,6-7,9-10,12-14,17,19H,5,8,11,15-16H2,1H3,(H,27,28). The van der Waals surface area contributed by atoms with Crippen molar-refractivity contribution in [3.63, 3.8) is 0 Å². The molecule has 6 nitrogen and oxygen atoms in total. The zero-order valence-electron chi connectivity index (χ0n) is 18.0. The quantitative estimate of drug-likeness (QED) is 0.491. The summed E-state index contributed by atoms with van der Waals surface area (Å²) in [4.78, 5) is 19.6. The molecular weight excluding hydrogens is 405 g/mol. The van der Waals surface area contributed by atoms with Crippen LogP contribution in [0.1, 0.15) is 25.3 Å². The Hall–Kier alpha value is -3.48. The fourth-order valence-electron chi connectivity index (χ4n) is 4.77. The molecule has 1 aromatic carbocycles. The van der Waals surface area contributed by atoms with E-state index in [1.807, 2.05) is 29.3 Å². The van der Waals surface area contributed by atoms with E-state index in [1.54, 1.807) is 12.3 Å². The van der Waals surface area contributed by atoms with E-state index >= 15 is 0 Å². The largest absolute Gasteiger partial charge is 0.346 e. The molecule has 2 atom stereocenters. The molecule has 0 saturated carbocycles. The minimum atomic E-state index is -0.255. The normalized spacial score (nSPS) is 18.5. The first-order valence-corrected chi connectivity index (χ1v) is 11.1. The second kappa shape index (κ2) is 8.57. The van der Waals surface area contributed by atoms with Crippen LogP contribution in [-0.2, 0) is 17.8 Å². The second-order valence-corrected chi connectivity index (χ2v) is 8.68. The number of halogens is 1. The molecule has 2 unspecified atom stereocenters. The predicted octanol–water partition coefficient (Wildman–Crippen LogP) is 4.44. The van der Waals surface area contributed by atoms with Crippen molar-refractivity contribution < 1.29 is 9.18 Å². The van der Waals surface area contributed by atoms with Crippen LogP contribution < -0.4 is 0 Å². The number of pyridine rings is 1. The minimum Gasteiger partial charge on any atom is -0.346 e. The van der Waals surface area contributed by atoms with Crippen molar-refractivity contribution in [3.8, 4) is 11.3 Å². The number of nitrogens with one attached hydrogen (secondary N) is 1. The van der Waals surface area contributed by atoms with Gasteiger partial charge in [0.2, 0.25) is 5.91 Å². The second-order valence-electron chi connectivity index (χ2n) is 8.68. The number of fused-ring (bicyclic) bond motifs is 1. The highest BCUT2D eigenvalue weighted by atomic mass is 19.1. The summed E-state index contributed by atoms with van der Waals surface area (Å²) in [6, 6.07) is 12.9. The molecule has 0 bridgehead atoms. The predicted molar refractivity (Wildman–Crippen MR) is 121 cm³/mol. The minimum absolute atomic E-state index is 0.146.